The Morgan fingerprint density at radius 1 is 0.941 bits per heavy atom. The zero-order chi connectivity index (χ0) is 24.1. The fourth-order valence-corrected chi connectivity index (χ4v) is 4.14. The van der Waals surface area contributed by atoms with Crippen LogP contribution in [0.2, 0.25) is 0 Å². The Labute approximate surface area is 197 Å². The van der Waals surface area contributed by atoms with Gasteiger partial charge in [0.15, 0.2) is 23.5 Å². The normalized spacial score (nSPS) is 14.0. The topological polar surface area (TPSA) is 93.4 Å². The van der Waals surface area contributed by atoms with Gasteiger partial charge in [0.2, 0.25) is 5.75 Å². The summed E-state index contributed by atoms with van der Waals surface area (Å²) in [4.78, 5) is 25.0. The maximum absolute atomic E-state index is 12.9. The summed E-state index contributed by atoms with van der Waals surface area (Å²) in [5.41, 5.74) is 0.730. The molecule has 180 valence electrons. The van der Waals surface area contributed by atoms with Crippen LogP contribution >= 0.6 is 0 Å². The summed E-state index contributed by atoms with van der Waals surface area (Å²) in [6.45, 7) is -0.211. The van der Waals surface area contributed by atoms with Crippen molar-refractivity contribution in [3.05, 3.63) is 46.6 Å². The van der Waals surface area contributed by atoms with Crippen molar-refractivity contribution in [3.63, 3.8) is 0 Å². The highest BCUT2D eigenvalue weighted by molar-refractivity contribution is 5.81. The molecule has 1 aliphatic carbocycles. The molecular weight excluding hydrogens is 440 g/mol. The average molecular weight is 469 g/mol. The van der Waals surface area contributed by atoms with E-state index in [1.54, 1.807) is 30.3 Å². The molecule has 8 nitrogen and oxygen atoms in total. The Balaban J connectivity index is 1.54. The minimum Gasteiger partial charge on any atom is -0.493 e. The maximum atomic E-state index is 12.9. The summed E-state index contributed by atoms with van der Waals surface area (Å²) in [5, 5.41) is 0.342. The molecule has 1 aliphatic rings. The Bertz CT molecular complexity index is 1200. The first kappa shape index (κ1) is 23.5. The first-order valence-electron chi connectivity index (χ1n) is 11.2. The molecule has 2 aromatic carbocycles. The van der Waals surface area contributed by atoms with Crippen LogP contribution < -0.4 is 24.4 Å². The molecule has 1 fully saturated rings. The van der Waals surface area contributed by atoms with Crippen molar-refractivity contribution in [2.45, 2.75) is 38.2 Å². The molecule has 3 aromatic rings. The molecule has 1 heterocycles. The van der Waals surface area contributed by atoms with E-state index in [0.29, 0.717) is 45.3 Å². The number of rotatable bonds is 8. The fraction of sp³-hybridized carbons (Fsp3) is 0.385. The van der Waals surface area contributed by atoms with Gasteiger partial charge in [0.05, 0.1) is 26.7 Å². The van der Waals surface area contributed by atoms with Crippen LogP contribution in [0.25, 0.3) is 22.3 Å². The Morgan fingerprint density at radius 2 is 1.65 bits per heavy atom. The van der Waals surface area contributed by atoms with Crippen LogP contribution in [-0.2, 0) is 9.53 Å². The van der Waals surface area contributed by atoms with Gasteiger partial charge in [0.1, 0.15) is 23.2 Å². The van der Waals surface area contributed by atoms with E-state index < -0.39 is 5.97 Å². The van der Waals surface area contributed by atoms with Crippen molar-refractivity contribution in [2.75, 3.05) is 27.9 Å². The monoisotopic (exact) mass is 468 g/mol. The molecular formula is C26H28O8. The second kappa shape index (κ2) is 10.5. The van der Waals surface area contributed by atoms with Crippen LogP contribution in [0.4, 0.5) is 0 Å². The second-order valence-corrected chi connectivity index (χ2v) is 8.09. The summed E-state index contributed by atoms with van der Waals surface area (Å²) < 4.78 is 33.2. The van der Waals surface area contributed by atoms with Crippen molar-refractivity contribution in [3.8, 4) is 34.3 Å². The van der Waals surface area contributed by atoms with Gasteiger partial charge in [-0.15, -0.1) is 0 Å². The number of carbonyl (C=O) groups is 1. The van der Waals surface area contributed by atoms with Crippen LogP contribution in [0, 0.1) is 0 Å². The molecule has 0 spiro atoms. The van der Waals surface area contributed by atoms with Crippen LogP contribution in [0.5, 0.6) is 23.0 Å². The van der Waals surface area contributed by atoms with Crippen molar-refractivity contribution < 1.29 is 32.9 Å². The highest BCUT2D eigenvalue weighted by Crippen LogP contribution is 2.41. The van der Waals surface area contributed by atoms with Gasteiger partial charge in [-0.25, -0.2) is 4.79 Å². The summed E-state index contributed by atoms with van der Waals surface area (Å²) in [6.07, 6.45) is 5.12. The number of ether oxygens (including phenoxy) is 5. The molecule has 0 bridgehead atoms. The number of fused-ring (bicyclic) bond motifs is 1. The number of carbonyl (C=O) groups excluding carboxylic acids is 1. The lowest BCUT2D eigenvalue weighted by Crippen LogP contribution is -2.24. The van der Waals surface area contributed by atoms with E-state index in [0.717, 1.165) is 25.7 Å². The third kappa shape index (κ3) is 5.11. The first-order valence-corrected chi connectivity index (χ1v) is 11.2. The maximum Gasteiger partial charge on any atom is 0.344 e. The summed E-state index contributed by atoms with van der Waals surface area (Å²) >= 11 is 0. The molecule has 0 amide bonds. The van der Waals surface area contributed by atoms with E-state index in [9.17, 15) is 9.59 Å². The third-order valence-corrected chi connectivity index (χ3v) is 5.85. The number of benzene rings is 2. The lowest BCUT2D eigenvalue weighted by Gasteiger charge is -2.21. The Kier molecular flexibility index (Phi) is 7.25. The van der Waals surface area contributed by atoms with Crippen molar-refractivity contribution in [1.29, 1.82) is 0 Å². The van der Waals surface area contributed by atoms with Crippen molar-refractivity contribution in [2.24, 2.45) is 0 Å². The first-order chi connectivity index (χ1) is 16.5. The zero-order valence-corrected chi connectivity index (χ0v) is 19.6. The number of methoxy groups -OCH3 is 3. The van der Waals surface area contributed by atoms with E-state index in [2.05, 4.69) is 0 Å². The highest BCUT2D eigenvalue weighted by atomic mass is 16.6. The average Bonchev–Trinajstić information content (AvgIpc) is 2.87. The molecule has 0 N–H and O–H groups in total. The van der Waals surface area contributed by atoms with Crippen LogP contribution in [0.3, 0.4) is 0 Å². The number of esters is 1. The molecule has 34 heavy (non-hydrogen) atoms. The Morgan fingerprint density at radius 3 is 2.29 bits per heavy atom. The molecule has 4 rings (SSSR count). The van der Waals surface area contributed by atoms with Gasteiger partial charge in [0, 0.05) is 11.6 Å². The van der Waals surface area contributed by atoms with Crippen LogP contribution in [0.15, 0.2) is 45.6 Å². The molecule has 0 unspecified atom stereocenters. The predicted octanol–water partition coefficient (Wildman–Crippen LogP) is 4.74. The van der Waals surface area contributed by atoms with Gasteiger partial charge in [-0.3, -0.25) is 4.79 Å². The van der Waals surface area contributed by atoms with Crippen LogP contribution in [0.1, 0.15) is 32.1 Å². The smallest absolute Gasteiger partial charge is 0.344 e. The molecule has 0 saturated heterocycles. The second-order valence-electron chi connectivity index (χ2n) is 8.09. The number of hydrogen-bond acceptors (Lipinski definition) is 8. The molecule has 0 aliphatic heterocycles. The van der Waals surface area contributed by atoms with E-state index >= 15 is 0 Å². The minimum absolute atomic E-state index is 0.0258. The summed E-state index contributed by atoms with van der Waals surface area (Å²) in [7, 11) is 4.56. The largest absolute Gasteiger partial charge is 0.493 e. The Hall–Kier alpha value is -3.68. The fourth-order valence-electron chi connectivity index (χ4n) is 4.14. The molecule has 1 saturated carbocycles. The SMILES string of the molecule is COc1cc(-c2cc(=O)c3cc(OCC(=O)OC4CCCCC4)ccc3o2)cc(OC)c1OC. The lowest BCUT2D eigenvalue weighted by molar-refractivity contribution is -0.152. The van der Waals surface area contributed by atoms with Gasteiger partial charge >= 0.3 is 5.97 Å². The molecule has 0 radical (unpaired) electrons. The highest BCUT2D eigenvalue weighted by Gasteiger charge is 2.19. The van der Waals surface area contributed by atoms with Gasteiger partial charge in [0.25, 0.3) is 0 Å². The number of hydrogen-bond donors (Lipinski definition) is 0. The van der Waals surface area contributed by atoms with Crippen molar-refractivity contribution in [1.82, 2.24) is 0 Å². The predicted molar refractivity (Wildman–Crippen MR) is 126 cm³/mol. The van der Waals surface area contributed by atoms with Crippen molar-refractivity contribution >= 4 is 16.9 Å². The van der Waals surface area contributed by atoms with Crippen LogP contribution in [-0.4, -0.2) is 40.0 Å². The summed E-state index contributed by atoms with van der Waals surface area (Å²) in [5.74, 6) is 1.67. The lowest BCUT2D eigenvalue weighted by atomic mass is 9.98. The minimum atomic E-state index is -0.406. The summed E-state index contributed by atoms with van der Waals surface area (Å²) in [6, 6.07) is 9.66. The third-order valence-electron chi connectivity index (χ3n) is 5.85. The van der Waals surface area contributed by atoms with Gasteiger partial charge in [-0.05, 0) is 56.0 Å². The zero-order valence-electron chi connectivity index (χ0n) is 19.6. The van der Waals surface area contributed by atoms with E-state index in [1.807, 2.05) is 0 Å². The van der Waals surface area contributed by atoms with Gasteiger partial charge < -0.3 is 28.1 Å². The van der Waals surface area contributed by atoms with Gasteiger partial charge in [-0.2, -0.15) is 0 Å². The van der Waals surface area contributed by atoms with E-state index in [4.69, 9.17) is 28.1 Å². The standard InChI is InChI=1S/C26H28O8/c1-29-23-11-16(12-24(30-2)26(23)31-3)22-14-20(27)19-13-18(9-10-21(19)34-22)32-15-25(28)33-17-7-5-4-6-8-17/h9-14,17H,4-8,15H2,1-3H3. The van der Waals surface area contributed by atoms with Gasteiger partial charge in [-0.1, -0.05) is 6.42 Å². The van der Waals surface area contributed by atoms with E-state index in [-0.39, 0.29) is 18.1 Å². The van der Waals surface area contributed by atoms with E-state index in [1.165, 1.54) is 33.8 Å². The molecule has 1 aromatic heterocycles. The molecule has 8 heteroatoms. The quantitative estimate of drug-likeness (QED) is 0.438. The molecule has 0 atom stereocenters.